The zero-order valence-electron chi connectivity index (χ0n) is 24.2. The third-order valence-electron chi connectivity index (χ3n) is 11.5. The van der Waals surface area contributed by atoms with Gasteiger partial charge in [0.1, 0.15) is 0 Å². The molecule has 0 aromatic heterocycles. The first-order valence-electron chi connectivity index (χ1n) is 15.6. The van der Waals surface area contributed by atoms with E-state index in [2.05, 4.69) is 55.4 Å². The maximum Gasteiger partial charge on any atom is -0.0351 e. The lowest BCUT2D eigenvalue weighted by Crippen LogP contribution is -2.36. The Balaban J connectivity index is 1.80. The largest absolute Gasteiger partial charge is 0.0654 e. The molecule has 0 heterocycles. The summed E-state index contributed by atoms with van der Waals surface area (Å²) in [5.74, 6) is 9.70. The highest BCUT2D eigenvalue weighted by Crippen LogP contribution is 2.54. The van der Waals surface area contributed by atoms with Crippen molar-refractivity contribution in [3.05, 3.63) is 0 Å². The number of fused-ring (bicyclic) bond motifs is 4. The van der Waals surface area contributed by atoms with Gasteiger partial charge < -0.3 is 0 Å². The maximum absolute atomic E-state index is 2.66. The Labute approximate surface area is 209 Å². The molecular formula is C33H62. The van der Waals surface area contributed by atoms with Crippen molar-refractivity contribution in [3.63, 3.8) is 0 Å². The van der Waals surface area contributed by atoms with E-state index in [-0.39, 0.29) is 0 Å². The average molecular weight is 459 g/mol. The topological polar surface area (TPSA) is 0 Å². The summed E-state index contributed by atoms with van der Waals surface area (Å²) < 4.78 is 0. The first kappa shape index (κ1) is 27.6. The van der Waals surface area contributed by atoms with Gasteiger partial charge in [0.05, 0.1) is 0 Å². The molecule has 3 fully saturated rings. The van der Waals surface area contributed by atoms with Gasteiger partial charge >= 0.3 is 0 Å². The van der Waals surface area contributed by atoms with Gasteiger partial charge in [-0.3, -0.25) is 0 Å². The third-order valence-corrected chi connectivity index (χ3v) is 11.5. The van der Waals surface area contributed by atoms with Crippen molar-refractivity contribution in [2.75, 3.05) is 0 Å². The summed E-state index contributed by atoms with van der Waals surface area (Å²) in [5, 5.41) is 0. The van der Waals surface area contributed by atoms with Crippen LogP contribution in [0.1, 0.15) is 145 Å². The van der Waals surface area contributed by atoms with Gasteiger partial charge in [0.25, 0.3) is 0 Å². The molecule has 0 nitrogen and oxygen atoms in total. The van der Waals surface area contributed by atoms with Crippen molar-refractivity contribution in [1.82, 2.24) is 0 Å². The first-order chi connectivity index (χ1) is 15.6. The first-order valence-corrected chi connectivity index (χ1v) is 15.6. The zero-order chi connectivity index (χ0) is 24.2. The van der Waals surface area contributed by atoms with Crippen LogP contribution in [0.2, 0.25) is 0 Å². The molecule has 3 aliphatic carbocycles. The van der Waals surface area contributed by atoms with Gasteiger partial charge in [-0.05, 0) is 116 Å². The molecule has 0 N–H and O–H groups in total. The molecule has 3 saturated carbocycles. The second kappa shape index (κ2) is 12.3. The minimum absolute atomic E-state index is 0.506. The Bertz CT molecular complexity index is 560. The second-order valence-electron chi connectivity index (χ2n) is 14.8. The minimum atomic E-state index is 0.506. The van der Waals surface area contributed by atoms with Crippen LogP contribution >= 0.6 is 0 Å². The van der Waals surface area contributed by atoms with E-state index in [4.69, 9.17) is 0 Å². The summed E-state index contributed by atoms with van der Waals surface area (Å²) >= 11 is 0. The predicted molar refractivity (Wildman–Crippen MR) is 147 cm³/mol. The van der Waals surface area contributed by atoms with E-state index >= 15 is 0 Å². The molecule has 0 spiro atoms. The number of hydrogen-bond donors (Lipinski definition) is 0. The molecule has 0 aromatic carbocycles. The molecule has 33 heavy (non-hydrogen) atoms. The molecule has 10 atom stereocenters. The summed E-state index contributed by atoms with van der Waals surface area (Å²) in [7, 11) is 0. The molecule has 10 unspecified atom stereocenters. The predicted octanol–water partition coefficient (Wildman–Crippen LogP) is 10.8. The van der Waals surface area contributed by atoms with Gasteiger partial charge in [-0.2, -0.15) is 0 Å². The highest BCUT2D eigenvalue weighted by Gasteiger charge is 2.45. The second-order valence-corrected chi connectivity index (χ2v) is 14.8. The number of unbranched alkanes of at least 4 members (excludes halogenated alkanes) is 2. The molecule has 0 radical (unpaired) electrons. The number of rotatable bonds is 4. The van der Waals surface area contributed by atoms with E-state index in [9.17, 15) is 0 Å². The summed E-state index contributed by atoms with van der Waals surface area (Å²) in [6.45, 7) is 20.6. The van der Waals surface area contributed by atoms with Crippen LogP contribution in [-0.2, 0) is 0 Å². The molecule has 0 aromatic rings. The van der Waals surface area contributed by atoms with Gasteiger partial charge in [-0.25, -0.2) is 0 Å². The molecule has 194 valence electrons. The molecular weight excluding hydrogens is 396 g/mol. The average Bonchev–Trinajstić information content (AvgIpc) is 3.13. The SMILES string of the molecule is CCCCCC1CCC(C)C(C)CC(C)(C)CCC(C)C2CC(CC1C)CC1C(C)CCC12. The van der Waals surface area contributed by atoms with Crippen molar-refractivity contribution in [1.29, 1.82) is 0 Å². The summed E-state index contributed by atoms with van der Waals surface area (Å²) in [6.07, 6.45) is 20.8. The number of hydrogen-bond acceptors (Lipinski definition) is 0. The lowest BCUT2D eigenvalue weighted by atomic mass is 9.61. The fourth-order valence-electron chi connectivity index (χ4n) is 8.99. The Morgan fingerprint density at radius 1 is 0.606 bits per heavy atom. The van der Waals surface area contributed by atoms with Crippen molar-refractivity contribution in [3.8, 4) is 0 Å². The molecule has 3 rings (SSSR count). The van der Waals surface area contributed by atoms with E-state index in [1.54, 1.807) is 19.3 Å². The van der Waals surface area contributed by atoms with Crippen molar-refractivity contribution in [2.45, 2.75) is 145 Å². The molecule has 0 saturated heterocycles. The highest BCUT2D eigenvalue weighted by molar-refractivity contribution is 4.95. The normalized spacial score (nSPS) is 45.1. The van der Waals surface area contributed by atoms with E-state index in [1.807, 2.05) is 0 Å². The Morgan fingerprint density at radius 2 is 1.24 bits per heavy atom. The van der Waals surface area contributed by atoms with Crippen LogP contribution in [0.15, 0.2) is 0 Å². The van der Waals surface area contributed by atoms with Crippen LogP contribution in [0, 0.1) is 64.6 Å². The zero-order valence-corrected chi connectivity index (χ0v) is 24.2. The summed E-state index contributed by atoms with van der Waals surface area (Å²) in [4.78, 5) is 0. The molecule has 0 aliphatic heterocycles. The fourth-order valence-corrected chi connectivity index (χ4v) is 8.99. The summed E-state index contributed by atoms with van der Waals surface area (Å²) in [6, 6.07) is 0. The quantitative estimate of drug-likeness (QED) is 0.367. The van der Waals surface area contributed by atoms with E-state index in [0.717, 1.165) is 59.2 Å². The Kier molecular flexibility index (Phi) is 10.3. The van der Waals surface area contributed by atoms with Crippen molar-refractivity contribution < 1.29 is 0 Å². The van der Waals surface area contributed by atoms with Crippen LogP contribution in [-0.4, -0.2) is 0 Å². The maximum atomic E-state index is 2.66. The summed E-state index contributed by atoms with van der Waals surface area (Å²) in [5.41, 5.74) is 0.506. The minimum Gasteiger partial charge on any atom is -0.0654 e. The standard InChI is InChI=1S/C33H62/c1-9-10-11-12-29-15-13-23(2)27(6)22-33(7,8)18-17-25(4)32-21-28(19-26(29)5)20-31-24(3)14-16-30(31)32/h23-32H,9-22H2,1-8H3. The smallest absolute Gasteiger partial charge is 0.0351 e. The Morgan fingerprint density at radius 3 is 1.91 bits per heavy atom. The van der Waals surface area contributed by atoms with Crippen molar-refractivity contribution >= 4 is 0 Å². The monoisotopic (exact) mass is 458 g/mol. The van der Waals surface area contributed by atoms with Gasteiger partial charge in [0.15, 0.2) is 0 Å². The van der Waals surface area contributed by atoms with E-state index < -0.39 is 0 Å². The highest BCUT2D eigenvalue weighted by atomic mass is 14.5. The van der Waals surface area contributed by atoms with Crippen LogP contribution in [0.3, 0.4) is 0 Å². The molecule has 3 aliphatic rings. The molecule has 0 heteroatoms. The van der Waals surface area contributed by atoms with Gasteiger partial charge in [-0.15, -0.1) is 0 Å². The van der Waals surface area contributed by atoms with Crippen LogP contribution in [0.4, 0.5) is 0 Å². The van der Waals surface area contributed by atoms with Crippen LogP contribution < -0.4 is 0 Å². The van der Waals surface area contributed by atoms with Crippen molar-refractivity contribution in [2.24, 2.45) is 64.6 Å². The van der Waals surface area contributed by atoms with Crippen LogP contribution in [0.5, 0.6) is 0 Å². The van der Waals surface area contributed by atoms with Gasteiger partial charge in [0.2, 0.25) is 0 Å². The molecule has 2 bridgehead atoms. The van der Waals surface area contributed by atoms with Gasteiger partial charge in [-0.1, -0.05) is 93.9 Å². The Hall–Kier alpha value is 0. The lowest BCUT2D eigenvalue weighted by molar-refractivity contribution is 0.0522. The van der Waals surface area contributed by atoms with E-state index in [1.165, 1.54) is 70.6 Å². The third kappa shape index (κ3) is 7.49. The molecule has 0 amide bonds. The fraction of sp³-hybridized carbons (Fsp3) is 1.00. The van der Waals surface area contributed by atoms with Crippen LogP contribution in [0.25, 0.3) is 0 Å². The van der Waals surface area contributed by atoms with E-state index in [0.29, 0.717) is 5.41 Å². The van der Waals surface area contributed by atoms with Gasteiger partial charge in [0, 0.05) is 0 Å². The lowest BCUT2D eigenvalue weighted by Gasteiger charge is -2.44.